The van der Waals surface area contributed by atoms with Gasteiger partial charge in [-0.3, -0.25) is 14.3 Å². The number of halogens is 1. The van der Waals surface area contributed by atoms with Gasteiger partial charge in [0.2, 0.25) is 16.0 Å². The van der Waals surface area contributed by atoms with Gasteiger partial charge in [-0.2, -0.15) is 4.31 Å². The van der Waals surface area contributed by atoms with Crippen molar-refractivity contribution in [3.63, 3.8) is 0 Å². The van der Waals surface area contributed by atoms with Gasteiger partial charge in [-0.25, -0.2) is 17.8 Å². The molecule has 1 saturated heterocycles. The van der Waals surface area contributed by atoms with E-state index in [2.05, 4.69) is 15.3 Å². The summed E-state index contributed by atoms with van der Waals surface area (Å²) in [5.41, 5.74) is 0.829. The number of pyridine rings is 1. The Bertz CT molecular complexity index is 932. The monoisotopic (exact) mass is 367 g/mol. The largest absolute Gasteiger partial charge is 0.349 e. The molecule has 1 fully saturated rings. The molecule has 0 unspecified atom stereocenters. The third kappa shape index (κ3) is 3.69. The Morgan fingerprint density at radius 1 is 1.28 bits per heavy atom. The highest BCUT2D eigenvalue weighted by atomic mass is 32.2. The minimum absolute atomic E-state index is 0.0185. The van der Waals surface area contributed by atoms with Crippen LogP contribution in [-0.2, 0) is 17.1 Å². The molecule has 1 aliphatic rings. The van der Waals surface area contributed by atoms with E-state index in [1.165, 1.54) is 17.7 Å². The Hall–Kier alpha value is -2.33. The number of hydrogen-bond donors (Lipinski definition) is 1. The van der Waals surface area contributed by atoms with Crippen LogP contribution in [0.1, 0.15) is 0 Å². The van der Waals surface area contributed by atoms with Gasteiger partial charge in [0.25, 0.3) is 5.56 Å². The molecule has 1 aliphatic heterocycles. The van der Waals surface area contributed by atoms with Crippen molar-refractivity contribution in [2.24, 2.45) is 7.05 Å². The van der Waals surface area contributed by atoms with Crippen LogP contribution in [0.4, 0.5) is 10.3 Å². The van der Waals surface area contributed by atoms with E-state index in [1.54, 1.807) is 24.5 Å². The van der Waals surface area contributed by atoms with Crippen LogP contribution in [0.2, 0.25) is 0 Å². The van der Waals surface area contributed by atoms with Crippen molar-refractivity contribution in [1.82, 2.24) is 18.8 Å². The van der Waals surface area contributed by atoms with E-state index < -0.39 is 22.2 Å². The second-order valence-electron chi connectivity index (χ2n) is 5.94. The fourth-order valence-electron chi connectivity index (χ4n) is 2.64. The Morgan fingerprint density at radius 2 is 1.96 bits per heavy atom. The molecule has 0 radical (unpaired) electrons. The van der Waals surface area contributed by atoms with Gasteiger partial charge in [0.1, 0.15) is 6.17 Å². The van der Waals surface area contributed by atoms with Crippen LogP contribution in [0.25, 0.3) is 11.3 Å². The fraction of sp³-hybridized carbons (Fsp3) is 0.400. The molecule has 0 aliphatic carbocycles. The molecule has 8 nitrogen and oxygen atoms in total. The highest BCUT2D eigenvalue weighted by Gasteiger charge is 2.37. The summed E-state index contributed by atoms with van der Waals surface area (Å²) in [4.78, 5) is 20.5. The number of rotatable bonds is 4. The van der Waals surface area contributed by atoms with Crippen molar-refractivity contribution in [2.75, 3.05) is 24.7 Å². The van der Waals surface area contributed by atoms with Crippen LogP contribution in [-0.4, -0.2) is 58.8 Å². The normalized spacial score (nSPS) is 21.4. The van der Waals surface area contributed by atoms with E-state index in [1.807, 2.05) is 0 Å². The zero-order chi connectivity index (χ0) is 18.2. The van der Waals surface area contributed by atoms with Gasteiger partial charge in [-0.1, -0.05) is 0 Å². The summed E-state index contributed by atoms with van der Waals surface area (Å²) in [6.07, 6.45) is 2.82. The van der Waals surface area contributed by atoms with E-state index in [0.29, 0.717) is 11.3 Å². The van der Waals surface area contributed by atoms with E-state index in [9.17, 15) is 17.6 Å². The Balaban J connectivity index is 1.90. The zero-order valence-electron chi connectivity index (χ0n) is 13.8. The molecular formula is C15H18FN5O3S. The minimum Gasteiger partial charge on any atom is -0.349 e. The first-order chi connectivity index (χ1) is 11.8. The van der Waals surface area contributed by atoms with E-state index in [-0.39, 0.29) is 24.6 Å². The number of aromatic nitrogens is 3. The van der Waals surface area contributed by atoms with Crippen LogP contribution < -0.4 is 10.9 Å². The smallest absolute Gasteiger partial charge is 0.255 e. The summed E-state index contributed by atoms with van der Waals surface area (Å²) in [5.74, 6) is 0.183. The lowest BCUT2D eigenvalue weighted by Gasteiger charge is -2.18. The molecule has 0 saturated carbocycles. The van der Waals surface area contributed by atoms with Crippen LogP contribution in [0, 0.1) is 0 Å². The average molecular weight is 367 g/mol. The Morgan fingerprint density at radius 3 is 2.56 bits per heavy atom. The summed E-state index contributed by atoms with van der Waals surface area (Å²) in [5, 5.41) is 2.87. The summed E-state index contributed by atoms with van der Waals surface area (Å²) in [6.45, 7) is -0.232. The third-order valence-electron chi connectivity index (χ3n) is 4.11. The number of anilines is 1. The highest BCUT2D eigenvalue weighted by Crippen LogP contribution is 2.21. The maximum Gasteiger partial charge on any atom is 0.255 e. The predicted molar refractivity (Wildman–Crippen MR) is 91.4 cm³/mol. The molecular weight excluding hydrogens is 349 g/mol. The van der Waals surface area contributed by atoms with Gasteiger partial charge < -0.3 is 5.32 Å². The van der Waals surface area contributed by atoms with Crippen molar-refractivity contribution in [3.8, 4) is 11.3 Å². The SMILES string of the molecule is Cn1c(N[C@@H]2CN(S(C)(=O)=O)C[C@@H]2F)nc(-c2ccncc2)cc1=O. The van der Waals surface area contributed by atoms with Crippen molar-refractivity contribution in [3.05, 3.63) is 40.9 Å². The zero-order valence-corrected chi connectivity index (χ0v) is 14.6. The molecule has 2 atom stereocenters. The number of nitrogens with one attached hydrogen (secondary N) is 1. The van der Waals surface area contributed by atoms with Gasteiger partial charge in [0, 0.05) is 44.2 Å². The van der Waals surface area contributed by atoms with Crippen molar-refractivity contribution in [2.45, 2.75) is 12.2 Å². The summed E-state index contributed by atoms with van der Waals surface area (Å²) in [6, 6.07) is 4.03. The van der Waals surface area contributed by atoms with Gasteiger partial charge >= 0.3 is 0 Å². The molecule has 0 spiro atoms. The van der Waals surface area contributed by atoms with Crippen LogP contribution in [0.15, 0.2) is 35.4 Å². The molecule has 1 N–H and O–H groups in total. The maximum atomic E-state index is 14.2. The molecule has 0 amide bonds. The molecule has 3 heterocycles. The van der Waals surface area contributed by atoms with Crippen LogP contribution in [0.3, 0.4) is 0 Å². The minimum atomic E-state index is -3.47. The molecule has 10 heteroatoms. The van der Waals surface area contributed by atoms with Gasteiger partial charge in [0.15, 0.2) is 0 Å². The first-order valence-electron chi connectivity index (χ1n) is 7.60. The summed E-state index contributed by atoms with van der Waals surface area (Å²) < 4.78 is 39.7. The lowest BCUT2D eigenvalue weighted by atomic mass is 10.2. The molecule has 0 bridgehead atoms. The van der Waals surface area contributed by atoms with Crippen molar-refractivity contribution >= 4 is 16.0 Å². The molecule has 134 valence electrons. The third-order valence-corrected chi connectivity index (χ3v) is 5.35. The molecule has 25 heavy (non-hydrogen) atoms. The maximum absolute atomic E-state index is 14.2. The van der Waals surface area contributed by atoms with Gasteiger partial charge in [0.05, 0.1) is 18.0 Å². The standard InChI is InChI=1S/C15H18FN5O3S/c1-20-14(22)7-12(10-3-5-17-6-4-10)18-15(20)19-13-9-21(8-11(13)16)25(2,23)24/h3-7,11,13H,8-9H2,1-2H3,(H,18,19)/t11-,13+/m0/s1. The quantitative estimate of drug-likeness (QED) is 0.831. The second kappa shape index (κ2) is 6.52. The first kappa shape index (κ1) is 17.5. The number of sulfonamides is 1. The molecule has 2 aromatic rings. The van der Waals surface area contributed by atoms with Gasteiger partial charge in [-0.05, 0) is 12.1 Å². The van der Waals surface area contributed by atoms with Crippen LogP contribution in [0.5, 0.6) is 0 Å². The fourth-order valence-corrected chi connectivity index (χ4v) is 3.49. The highest BCUT2D eigenvalue weighted by molar-refractivity contribution is 7.88. The Kier molecular flexibility index (Phi) is 4.56. The van der Waals surface area contributed by atoms with E-state index in [0.717, 1.165) is 10.6 Å². The number of alkyl halides is 1. The van der Waals surface area contributed by atoms with Crippen LogP contribution >= 0.6 is 0 Å². The predicted octanol–water partition coefficient (Wildman–Crippen LogP) is 0.236. The number of hydrogen-bond acceptors (Lipinski definition) is 6. The van der Waals surface area contributed by atoms with E-state index in [4.69, 9.17) is 0 Å². The van der Waals surface area contributed by atoms with E-state index >= 15 is 0 Å². The van der Waals surface area contributed by atoms with Crippen molar-refractivity contribution in [1.29, 1.82) is 0 Å². The lowest BCUT2D eigenvalue weighted by molar-refractivity contribution is 0.330. The molecule has 0 aromatic carbocycles. The number of nitrogens with zero attached hydrogens (tertiary/aromatic N) is 4. The molecule has 2 aromatic heterocycles. The second-order valence-corrected chi connectivity index (χ2v) is 7.93. The van der Waals surface area contributed by atoms with Gasteiger partial charge in [-0.15, -0.1) is 0 Å². The van der Waals surface area contributed by atoms with Crippen molar-refractivity contribution < 1.29 is 12.8 Å². The topological polar surface area (TPSA) is 97.2 Å². The first-order valence-corrected chi connectivity index (χ1v) is 9.45. The lowest BCUT2D eigenvalue weighted by Crippen LogP contribution is -2.34. The average Bonchev–Trinajstić information content (AvgIpc) is 2.93. The summed E-state index contributed by atoms with van der Waals surface area (Å²) in [7, 11) is -1.95. The summed E-state index contributed by atoms with van der Waals surface area (Å²) >= 11 is 0. The Labute approximate surface area is 144 Å². The molecule has 3 rings (SSSR count).